The zero-order valence-corrected chi connectivity index (χ0v) is 15.1. The summed E-state index contributed by atoms with van der Waals surface area (Å²) in [5, 5.41) is 2.88. The van der Waals surface area contributed by atoms with Crippen LogP contribution in [-0.2, 0) is 9.59 Å². The monoisotopic (exact) mass is 340 g/mol. The average molecular weight is 340 g/mol. The van der Waals surface area contributed by atoms with Crippen molar-refractivity contribution in [3.63, 3.8) is 0 Å². The molecule has 0 saturated carbocycles. The second-order valence-corrected chi connectivity index (χ2v) is 5.87. The maximum atomic E-state index is 12.5. The molecular weight excluding hydrogens is 316 g/mol. The van der Waals surface area contributed by atoms with Crippen LogP contribution in [0.1, 0.15) is 25.0 Å². The zero-order chi connectivity index (χ0) is 18.4. The molecule has 0 bridgehead atoms. The minimum atomic E-state index is -0.254. The first-order valence-electron chi connectivity index (χ1n) is 8.29. The van der Waals surface area contributed by atoms with Gasteiger partial charge in [0, 0.05) is 12.6 Å². The third kappa shape index (κ3) is 4.83. The SMILES string of the molecule is CCOc1ccccc1N(CC(=O)Nc1cc(C)ccc1C)C(C)=O. The predicted molar refractivity (Wildman–Crippen MR) is 100 cm³/mol. The zero-order valence-electron chi connectivity index (χ0n) is 15.1. The fourth-order valence-corrected chi connectivity index (χ4v) is 2.53. The molecule has 0 fully saturated rings. The standard InChI is InChI=1S/C20H24N2O3/c1-5-25-19-9-7-6-8-18(19)22(16(4)23)13-20(24)21-17-12-14(2)10-11-15(17)3/h6-12H,5,13H2,1-4H3,(H,21,24). The summed E-state index contributed by atoms with van der Waals surface area (Å²) >= 11 is 0. The number of anilines is 2. The van der Waals surface area contributed by atoms with E-state index in [-0.39, 0.29) is 18.4 Å². The molecule has 0 aliphatic rings. The molecule has 2 rings (SSSR count). The number of ether oxygens (including phenoxy) is 1. The van der Waals surface area contributed by atoms with E-state index in [1.54, 1.807) is 12.1 Å². The molecule has 132 valence electrons. The normalized spacial score (nSPS) is 10.2. The Labute approximate surface area is 148 Å². The van der Waals surface area contributed by atoms with Crippen LogP contribution >= 0.6 is 0 Å². The molecule has 2 aromatic carbocycles. The van der Waals surface area contributed by atoms with E-state index >= 15 is 0 Å². The highest BCUT2D eigenvalue weighted by Gasteiger charge is 2.19. The summed E-state index contributed by atoms with van der Waals surface area (Å²) in [6, 6.07) is 13.1. The molecule has 0 saturated heterocycles. The molecule has 0 aliphatic carbocycles. The van der Waals surface area contributed by atoms with Crippen LogP contribution in [0.4, 0.5) is 11.4 Å². The summed E-state index contributed by atoms with van der Waals surface area (Å²) in [6.07, 6.45) is 0. The number of aryl methyl sites for hydroxylation is 2. The molecule has 0 unspecified atom stereocenters. The summed E-state index contributed by atoms with van der Waals surface area (Å²) in [5.41, 5.74) is 3.38. The first-order chi connectivity index (χ1) is 11.9. The highest BCUT2D eigenvalue weighted by Crippen LogP contribution is 2.28. The molecule has 0 spiro atoms. The van der Waals surface area contributed by atoms with Gasteiger partial charge in [0.2, 0.25) is 11.8 Å². The highest BCUT2D eigenvalue weighted by atomic mass is 16.5. The number of nitrogens with zero attached hydrogens (tertiary/aromatic N) is 1. The Morgan fingerprint density at radius 2 is 1.84 bits per heavy atom. The Hall–Kier alpha value is -2.82. The quantitative estimate of drug-likeness (QED) is 0.872. The number of carbonyl (C=O) groups excluding carboxylic acids is 2. The lowest BCUT2D eigenvalue weighted by Crippen LogP contribution is -2.37. The van der Waals surface area contributed by atoms with Gasteiger partial charge < -0.3 is 10.1 Å². The molecular formula is C20H24N2O3. The molecule has 5 nitrogen and oxygen atoms in total. The number of amides is 2. The third-order valence-corrected chi connectivity index (χ3v) is 3.80. The van der Waals surface area contributed by atoms with Crippen molar-refractivity contribution in [3.05, 3.63) is 53.6 Å². The lowest BCUT2D eigenvalue weighted by Gasteiger charge is -2.23. The van der Waals surface area contributed by atoms with Crippen molar-refractivity contribution in [2.75, 3.05) is 23.4 Å². The second kappa shape index (κ2) is 8.33. The number of carbonyl (C=O) groups is 2. The largest absolute Gasteiger partial charge is 0.492 e. The fourth-order valence-electron chi connectivity index (χ4n) is 2.53. The van der Waals surface area contributed by atoms with Crippen LogP contribution in [0.2, 0.25) is 0 Å². The summed E-state index contributed by atoms with van der Waals surface area (Å²) in [4.78, 5) is 26.0. The van der Waals surface area contributed by atoms with E-state index in [0.29, 0.717) is 18.0 Å². The molecule has 2 amide bonds. The van der Waals surface area contributed by atoms with E-state index in [0.717, 1.165) is 16.8 Å². The van der Waals surface area contributed by atoms with Gasteiger partial charge in [-0.25, -0.2) is 0 Å². The number of rotatable bonds is 6. The van der Waals surface area contributed by atoms with Gasteiger partial charge in [0.15, 0.2) is 0 Å². The van der Waals surface area contributed by atoms with Crippen molar-refractivity contribution in [1.29, 1.82) is 0 Å². The molecule has 0 aliphatic heterocycles. The van der Waals surface area contributed by atoms with E-state index in [1.165, 1.54) is 11.8 Å². The van der Waals surface area contributed by atoms with Gasteiger partial charge in [0.05, 0.1) is 12.3 Å². The number of nitrogens with one attached hydrogen (secondary N) is 1. The molecule has 0 aromatic heterocycles. The average Bonchev–Trinajstić information content (AvgIpc) is 2.57. The van der Waals surface area contributed by atoms with E-state index in [1.807, 2.05) is 51.1 Å². The lowest BCUT2D eigenvalue weighted by molar-refractivity contribution is -0.120. The van der Waals surface area contributed by atoms with Crippen molar-refractivity contribution < 1.29 is 14.3 Å². The number of benzene rings is 2. The van der Waals surface area contributed by atoms with Crippen molar-refractivity contribution in [2.24, 2.45) is 0 Å². The molecule has 0 atom stereocenters. The maximum absolute atomic E-state index is 12.5. The summed E-state index contributed by atoms with van der Waals surface area (Å²) in [7, 11) is 0. The highest BCUT2D eigenvalue weighted by molar-refractivity contribution is 6.02. The van der Waals surface area contributed by atoms with Gasteiger partial charge >= 0.3 is 0 Å². The summed E-state index contributed by atoms with van der Waals surface area (Å²) in [6.45, 7) is 7.62. The van der Waals surface area contributed by atoms with Crippen LogP contribution in [0.3, 0.4) is 0 Å². The Kier molecular flexibility index (Phi) is 6.17. The number of hydrogen-bond acceptors (Lipinski definition) is 3. The molecule has 0 radical (unpaired) electrons. The van der Waals surface area contributed by atoms with Crippen LogP contribution in [0.25, 0.3) is 0 Å². The third-order valence-electron chi connectivity index (χ3n) is 3.80. The minimum absolute atomic E-state index is 0.0766. The molecule has 5 heteroatoms. The summed E-state index contributed by atoms with van der Waals surface area (Å²) in [5.74, 6) is 0.109. The Morgan fingerprint density at radius 3 is 2.52 bits per heavy atom. The number of para-hydroxylation sites is 2. The predicted octanol–water partition coefficient (Wildman–Crippen LogP) is 3.69. The van der Waals surface area contributed by atoms with Gasteiger partial charge in [-0.15, -0.1) is 0 Å². The van der Waals surface area contributed by atoms with E-state index < -0.39 is 0 Å². The molecule has 1 N–H and O–H groups in total. The second-order valence-electron chi connectivity index (χ2n) is 5.87. The topological polar surface area (TPSA) is 58.6 Å². The van der Waals surface area contributed by atoms with Crippen LogP contribution in [0, 0.1) is 13.8 Å². The molecule has 25 heavy (non-hydrogen) atoms. The van der Waals surface area contributed by atoms with Crippen molar-refractivity contribution >= 4 is 23.2 Å². The van der Waals surface area contributed by atoms with Crippen LogP contribution in [-0.4, -0.2) is 25.0 Å². The van der Waals surface area contributed by atoms with E-state index in [4.69, 9.17) is 4.74 Å². The lowest BCUT2D eigenvalue weighted by atomic mass is 10.1. The van der Waals surface area contributed by atoms with Gasteiger partial charge in [-0.05, 0) is 50.1 Å². The first kappa shape index (κ1) is 18.5. The van der Waals surface area contributed by atoms with E-state index in [9.17, 15) is 9.59 Å². The summed E-state index contributed by atoms with van der Waals surface area (Å²) < 4.78 is 5.58. The van der Waals surface area contributed by atoms with Crippen molar-refractivity contribution in [3.8, 4) is 5.75 Å². The Bertz CT molecular complexity index is 771. The maximum Gasteiger partial charge on any atom is 0.244 e. The van der Waals surface area contributed by atoms with Crippen LogP contribution in [0.15, 0.2) is 42.5 Å². The van der Waals surface area contributed by atoms with Gasteiger partial charge in [0.25, 0.3) is 0 Å². The van der Waals surface area contributed by atoms with Crippen LogP contribution in [0.5, 0.6) is 5.75 Å². The fraction of sp³-hybridized carbons (Fsp3) is 0.300. The number of hydrogen-bond donors (Lipinski definition) is 1. The van der Waals surface area contributed by atoms with Gasteiger partial charge in [-0.1, -0.05) is 24.3 Å². The Balaban J connectivity index is 2.21. The first-order valence-corrected chi connectivity index (χ1v) is 8.29. The minimum Gasteiger partial charge on any atom is -0.492 e. The van der Waals surface area contributed by atoms with Gasteiger partial charge in [-0.3, -0.25) is 14.5 Å². The molecule has 2 aromatic rings. The van der Waals surface area contributed by atoms with Crippen molar-refractivity contribution in [2.45, 2.75) is 27.7 Å². The molecule has 0 heterocycles. The van der Waals surface area contributed by atoms with Crippen molar-refractivity contribution in [1.82, 2.24) is 0 Å². The van der Waals surface area contributed by atoms with Gasteiger partial charge in [0.1, 0.15) is 12.3 Å². The smallest absolute Gasteiger partial charge is 0.244 e. The Morgan fingerprint density at radius 1 is 1.12 bits per heavy atom. The van der Waals surface area contributed by atoms with E-state index in [2.05, 4.69) is 5.32 Å². The van der Waals surface area contributed by atoms with Crippen LogP contribution < -0.4 is 15.0 Å². The van der Waals surface area contributed by atoms with Gasteiger partial charge in [-0.2, -0.15) is 0 Å².